The van der Waals surface area contributed by atoms with Crippen LogP contribution in [0.15, 0.2) is 29.3 Å². The molecule has 0 aliphatic heterocycles. The highest BCUT2D eigenvalue weighted by molar-refractivity contribution is 5.98. The van der Waals surface area contributed by atoms with E-state index in [-0.39, 0.29) is 0 Å². The molecule has 3 N–H and O–H groups in total. The number of aliphatic imine (C=N–C) groups is 1. The number of nitrogens with one attached hydrogen (secondary N) is 1. The molecule has 0 radical (unpaired) electrons. The summed E-state index contributed by atoms with van der Waals surface area (Å²) in [6.45, 7) is 5.04. The molecule has 1 aromatic rings. The van der Waals surface area contributed by atoms with Crippen molar-refractivity contribution in [1.82, 2.24) is 10.2 Å². The summed E-state index contributed by atoms with van der Waals surface area (Å²) in [5.74, 6) is 0.892. The smallest absolute Gasteiger partial charge is 0.210 e. The Morgan fingerprint density at radius 3 is 2.55 bits per heavy atom. The van der Waals surface area contributed by atoms with E-state index in [1.807, 2.05) is 36.1 Å². The van der Waals surface area contributed by atoms with E-state index < -0.39 is 0 Å². The highest BCUT2D eigenvalue weighted by atomic mass is 16.1. The zero-order valence-corrected chi connectivity index (χ0v) is 13.7. The summed E-state index contributed by atoms with van der Waals surface area (Å²) < 4.78 is 0. The largest absolute Gasteiger partial charge is 0.370 e. The minimum atomic E-state index is 0.645. The van der Waals surface area contributed by atoms with Crippen LogP contribution < -0.4 is 11.1 Å². The Labute approximate surface area is 133 Å². The van der Waals surface area contributed by atoms with Crippen LogP contribution in [0.3, 0.4) is 0 Å². The zero-order valence-electron chi connectivity index (χ0n) is 13.7. The number of carbonyl (C=O) groups excluding carboxylic acids is 1. The van der Waals surface area contributed by atoms with Gasteiger partial charge in [-0.05, 0) is 31.9 Å². The summed E-state index contributed by atoms with van der Waals surface area (Å²) in [5, 5.41) is 3.23. The van der Waals surface area contributed by atoms with Gasteiger partial charge in [0.15, 0.2) is 0 Å². The van der Waals surface area contributed by atoms with E-state index in [4.69, 9.17) is 5.73 Å². The molecule has 0 fully saturated rings. The third-order valence-electron chi connectivity index (χ3n) is 3.48. The number of unbranched alkanes of at least 4 members (excludes halogenated alkanes) is 2. The van der Waals surface area contributed by atoms with Crippen LogP contribution in [0.4, 0.5) is 0 Å². The van der Waals surface area contributed by atoms with Gasteiger partial charge in [-0.2, -0.15) is 0 Å². The van der Waals surface area contributed by atoms with Crippen molar-refractivity contribution in [3.63, 3.8) is 0 Å². The van der Waals surface area contributed by atoms with Gasteiger partial charge in [-0.25, -0.2) is 0 Å². The molecule has 22 heavy (non-hydrogen) atoms. The van der Waals surface area contributed by atoms with Crippen molar-refractivity contribution < 1.29 is 4.79 Å². The van der Waals surface area contributed by atoms with Crippen molar-refractivity contribution in [3.8, 4) is 0 Å². The second-order valence-corrected chi connectivity index (χ2v) is 5.22. The maximum Gasteiger partial charge on any atom is 0.210 e. The molecule has 0 aromatic heterocycles. The third-order valence-corrected chi connectivity index (χ3v) is 3.48. The first-order chi connectivity index (χ1) is 10.7. The fourth-order valence-electron chi connectivity index (χ4n) is 2.29. The standard InChI is InChI=1S/C17H28N4O/c1-3-20-17(19-2)16-9-7-15(8-10-16)13-21(14-22)12-6-4-5-11-18/h7-10,14H,3-6,11-13,18H2,1-2H3,(H,19,20). The highest BCUT2D eigenvalue weighted by Crippen LogP contribution is 2.08. The summed E-state index contributed by atoms with van der Waals surface area (Å²) in [6, 6.07) is 8.18. The minimum Gasteiger partial charge on any atom is -0.370 e. The van der Waals surface area contributed by atoms with Crippen LogP contribution in [0.25, 0.3) is 0 Å². The highest BCUT2D eigenvalue weighted by Gasteiger charge is 2.05. The Bertz CT molecular complexity index is 456. The van der Waals surface area contributed by atoms with Gasteiger partial charge in [-0.3, -0.25) is 9.79 Å². The number of benzene rings is 1. The lowest BCUT2D eigenvalue weighted by molar-refractivity contribution is -0.118. The minimum absolute atomic E-state index is 0.645. The molecule has 5 nitrogen and oxygen atoms in total. The number of carbonyl (C=O) groups is 1. The van der Waals surface area contributed by atoms with Gasteiger partial charge in [0, 0.05) is 32.2 Å². The van der Waals surface area contributed by atoms with E-state index in [9.17, 15) is 4.79 Å². The van der Waals surface area contributed by atoms with E-state index in [1.165, 1.54) is 0 Å². The number of amides is 1. The monoisotopic (exact) mass is 304 g/mol. The van der Waals surface area contributed by atoms with Crippen LogP contribution in [0.5, 0.6) is 0 Å². The van der Waals surface area contributed by atoms with Crippen molar-refractivity contribution in [1.29, 1.82) is 0 Å². The van der Waals surface area contributed by atoms with Gasteiger partial charge in [-0.1, -0.05) is 30.7 Å². The van der Waals surface area contributed by atoms with Crippen molar-refractivity contribution in [2.75, 3.05) is 26.7 Å². The number of hydrogen-bond donors (Lipinski definition) is 2. The molecule has 0 aliphatic carbocycles. The maximum absolute atomic E-state index is 11.2. The van der Waals surface area contributed by atoms with Gasteiger partial charge in [0.25, 0.3) is 0 Å². The average molecular weight is 304 g/mol. The van der Waals surface area contributed by atoms with Gasteiger partial charge in [0.05, 0.1) is 0 Å². The third kappa shape index (κ3) is 6.26. The van der Waals surface area contributed by atoms with Gasteiger partial charge in [-0.15, -0.1) is 0 Å². The van der Waals surface area contributed by atoms with Gasteiger partial charge in [0.2, 0.25) is 6.41 Å². The molecule has 1 aromatic carbocycles. The zero-order chi connectivity index (χ0) is 16.2. The summed E-state index contributed by atoms with van der Waals surface area (Å²) in [7, 11) is 1.78. The van der Waals surface area contributed by atoms with Crippen LogP contribution >= 0.6 is 0 Å². The molecule has 0 saturated carbocycles. The molecular weight excluding hydrogens is 276 g/mol. The lowest BCUT2D eigenvalue weighted by Gasteiger charge is -2.17. The van der Waals surface area contributed by atoms with Crippen LogP contribution in [-0.4, -0.2) is 43.8 Å². The SMILES string of the molecule is CCNC(=NC)c1ccc(CN(C=O)CCCCCN)cc1. The molecular formula is C17H28N4O. The fourth-order valence-corrected chi connectivity index (χ4v) is 2.29. The molecule has 0 spiro atoms. The van der Waals surface area contributed by atoms with Crippen molar-refractivity contribution in [2.45, 2.75) is 32.7 Å². The van der Waals surface area contributed by atoms with E-state index in [0.717, 1.165) is 62.3 Å². The lowest BCUT2D eigenvalue weighted by atomic mass is 10.1. The maximum atomic E-state index is 11.2. The molecule has 1 amide bonds. The first kappa shape index (κ1) is 18.2. The van der Waals surface area contributed by atoms with Crippen LogP contribution in [0.1, 0.15) is 37.3 Å². The van der Waals surface area contributed by atoms with Crippen LogP contribution in [0.2, 0.25) is 0 Å². The fraction of sp³-hybridized carbons (Fsp3) is 0.529. The first-order valence-electron chi connectivity index (χ1n) is 7.94. The second kappa shape index (κ2) is 10.8. The molecule has 1 rings (SSSR count). The van der Waals surface area contributed by atoms with Crippen molar-refractivity contribution in [2.24, 2.45) is 10.7 Å². The Hall–Kier alpha value is -1.88. The molecule has 0 unspecified atom stereocenters. The second-order valence-electron chi connectivity index (χ2n) is 5.22. The number of rotatable bonds is 10. The molecule has 0 heterocycles. The molecule has 0 aliphatic rings. The summed E-state index contributed by atoms with van der Waals surface area (Å²) >= 11 is 0. The number of amidine groups is 1. The number of hydrogen-bond acceptors (Lipinski definition) is 3. The molecule has 0 atom stereocenters. The van der Waals surface area contributed by atoms with E-state index in [1.54, 1.807) is 7.05 Å². The molecule has 0 saturated heterocycles. The predicted molar refractivity (Wildman–Crippen MR) is 92.0 cm³/mol. The first-order valence-corrected chi connectivity index (χ1v) is 7.94. The average Bonchev–Trinajstić information content (AvgIpc) is 2.56. The van der Waals surface area contributed by atoms with Crippen molar-refractivity contribution in [3.05, 3.63) is 35.4 Å². The van der Waals surface area contributed by atoms with E-state index in [2.05, 4.69) is 10.3 Å². The molecule has 122 valence electrons. The number of nitrogens with zero attached hydrogens (tertiary/aromatic N) is 2. The van der Waals surface area contributed by atoms with Crippen LogP contribution in [-0.2, 0) is 11.3 Å². The van der Waals surface area contributed by atoms with Gasteiger partial charge >= 0.3 is 0 Å². The van der Waals surface area contributed by atoms with Gasteiger partial charge < -0.3 is 16.0 Å². The summed E-state index contributed by atoms with van der Waals surface area (Å²) in [5.41, 5.74) is 7.67. The topological polar surface area (TPSA) is 70.7 Å². The summed E-state index contributed by atoms with van der Waals surface area (Å²) in [4.78, 5) is 17.2. The van der Waals surface area contributed by atoms with E-state index >= 15 is 0 Å². The Morgan fingerprint density at radius 2 is 2.00 bits per heavy atom. The Morgan fingerprint density at radius 1 is 1.27 bits per heavy atom. The van der Waals surface area contributed by atoms with Crippen LogP contribution in [0, 0.1) is 0 Å². The number of nitrogens with two attached hydrogens (primary N) is 1. The Balaban J connectivity index is 2.56. The molecule has 5 heteroatoms. The van der Waals surface area contributed by atoms with Gasteiger partial charge in [0.1, 0.15) is 5.84 Å². The summed E-state index contributed by atoms with van der Waals surface area (Å²) in [6.07, 6.45) is 4.01. The normalized spacial score (nSPS) is 11.3. The quantitative estimate of drug-likeness (QED) is 0.299. The van der Waals surface area contributed by atoms with Crippen molar-refractivity contribution >= 4 is 12.2 Å². The molecule has 0 bridgehead atoms. The Kier molecular flexibility index (Phi) is 8.91. The van der Waals surface area contributed by atoms with E-state index in [0.29, 0.717) is 6.54 Å². The predicted octanol–water partition coefficient (Wildman–Crippen LogP) is 1.76. The lowest BCUT2D eigenvalue weighted by Crippen LogP contribution is -2.24.